The number of sulfone groups is 1. The van der Waals surface area contributed by atoms with Gasteiger partial charge in [0, 0.05) is 0 Å². The van der Waals surface area contributed by atoms with Gasteiger partial charge in [-0.15, -0.1) is 0 Å². The van der Waals surface area contributed by atoms with Crippen molar-refractivity contribution in [1.82, 2.24) is 0 Å². The molecule has 0 spiro atoms. The maximum absolute atomic E-state index is 12.1. The Kier molecular flexibility index (Phi) is 4.51. The van der Waals surface area contributed by atoms with E-state index in [-0.39, 0.29) is 22.1 Å². The molecule has 0 aliphatic carbocycles. The summed E-state index contributed by atoms with van der Waals surface area (Å²) in [6.45, 7) is 5.44. The quantitative estimate of drug-likeness (QED) is 0.892. The predicted octanol–water partition coefficient (Wildman–Crippen LogP) is 2.51. The lowest BCUT2D eigenvalue weighted by Gasteiger charge is -2.11. The summed E-state index contributed by atoms with van der Waals surface area (Å²) in [5.74, 6) is -0.997. The zero-order valence-corrected chi connectivity index (χ0v) is 11.6. The van der Waals surface area contributed by atoms with Crippen LogP contribution in [0.4, 0.5) is 0 Å². The molecule has 1 unspecified atom stereocenters. The average molecular weight is 270 g/mol. The highest BCUT2D eigenvalue weighted by Crippen LogP contribution is 2.19. The van der Waals surface area contributed by atoms with Crippen LogP contribution in [-0.4, -0.2) is 25.2 Å². The number of hydrogen-bond donors (Lipinski definition) is 1. The molecule has 5 heteroatoms. The van der Waals surface area contributed by atoms with Gasteiger partial charge in [0.2, 0.25) is 0 Å². The highest BCUT2D eigenvalue weighted by molar-refractivity contribution is 7.91. The normalized spacial score (nSPS) is 13.3. The Morgan fingerprint density at radius 3 is 2.50 bits per heavy atom. The van der Waals surface area contributed by atoms with E-state index in [0.29, 0.717) is 5.56 Å². The van der Waals surface area contributed by atoms with Crippen molar-refractivity contribution in [1.29, 1.82) is 0 Å². The highest BCUT2D eigenvalue weighted by Gasteiger charge is 2.20. The fourth-order valence-corrected chi connectivity index (χ4v) is 3.36. The Bertz CT molecular complexity index is 546. The summed E-state index contributed by atoms with van der Waals surface area (Å²) in [6, 6.07) is 4.25. The van der Waals surface area contributed by atoms with Crippen LogP contribution < -0.4 is 0 Å². The summed E-state index contributed by atoms with van der Waals surface area (Å²) in [6.07, 6.45) is 0.775. The maximum Gasteiger partial charge on any atom is 0.335 e. The molecule has 1 aromatic carbocycles. The Morgan fingerprint density at radius 2 is 2.00 bits per heavy atom. The van der Waals surface area contributed by atoms with Gasteiger partial charge < -0.3 is 5.11 Å². The zero-order chi connectivity index (χ0) is 13.9. The predicted molar refractivity (Wildman–Crippen MR) is 69.6 cm³/mol. The number of carboxylic acid groups (broad SMARTS) is 1. The minimum Gasteiger partial charge on any atom is -0.478 e. The standard InChI is InChI=1S/C13H18O4S/c1-4-9(2)8-18(16,17)11-6-5-10(3)12(7-11)13(14)15/h5-7,9H,4,8H2,1-3H3,(H,14,15). The molecule has 0 bridgehead atoms. The molecule has 0 fully saturated rings. The number of rotatable bonds is 5. The van der Waals surface area contributed by atoms with Crippen LogP contribution in [0.1, 0.15) is 36.2 Å². The first-order valence-corrected chi connectivity index (χ1v) is 7.50. The Labute approximate surface area is 108 Å². The van der Waals surface area contributed by atoms with Gasteiger partial charge in [0.1, 0.15) is 0 Å². The molecule has 4 nitrogen and oxygen atoms in total. The van der Waals surface area contributed by atoms with Crippen molar-refractivity contribution in [2.75, 3.05) is 5.75 Å². The second-order valence-electron chi connectivity index (χ2n) is 4.58. The second-order valence-corrected chi connectivity index (χ2v) is 6.61. The summed E-state index contributed by atoms with van der Waals surface area (Å²) in [5, 5.41) is 8.99. The lowest BCUT2D eigenvalue weighted by Crippen LogP contribution is -2.14. The van der Waals surface area contributed by atoms with Crippen molar-refractivity contribution in [2.45, 2.75) is 32.1 Å². The summed E-state index contributed by atoms with van der Waals surface area (Å²) < 4.78 is 24.2. The van der Waals surface area contributed by atoms with Gasteiger partial charge in [-0.2, -0.15) is 0 Å². The lowest BCUT2D eigenvalue weighted by molar-refractivity contribution is 0.0696. The van der Waals surface area contributed by atoms with Crippen LogP contribution in [0.5, 0.6) is 0 Å². The van der Waals surface area contributed by atoms with Gasteiger partial charge in [-0.05, 0) is 30.5 Å². The molecule has 1 aromatic rings. The van der Waals surface area contributed by atoms with E-state index in [9.17, 15) is 13.2 Å². The molecule has 0 saturated heterocycles. The zero-order valence-electron chi connectivity index (χ0n) is 10.8. The van der Waals surface area contributed by atoms with E-state index in [4.69, 9.17) is 5.11 Å². The van der Waals surface area contributed by atoms with Crippen LogP contribution in [0.2, 0.25) is 0 Å². The Morgan fingerprint density at radius 1 is 1.39 bits per heavy atom. The molecule has 1 rings (SSSR count). The van der Waals surface area contributed by atoms with Gasteiger partial charge in [-0.3, -0.25) is 0 Å². The Hall–Kier alpha value is -1.36. The molecule has 100 valence electrons. The number of benzene rings is 1. The topological polar surface area (TPSA) is 71.4 Å². The third-order valence-electron chi connectivity index (χ3n) is 3.00. The molecule has 1 atom stereocenters. The first-order chi connectivity index (χ1) is 8.27. The molecule has 0 amide bonds. The number of carboxylic acids is 1. The molecule has 0 heterocycles. The maximum atomic E-state index is 12.1. The van der Waals surface area contributed by atoms with Crippen molar-refractivity contribution in [3.63, 3.8) is 0 Å². The molecule has 0 radical (unpaired) electrons. The first kappa shape index (κ1) is 14.7. The van der Waals surface area contributed by atoms with E-state index in [2.05, 4.69) is 0 Å². The Balaban J connectivity index is 3.18. The third kappa shape index (κ3) is 3.32. The van der Waals surface area contributed by atoms with Crippen molar-refractivity contribution in [2.24, 2.45) is 5.92 Å². The monoisotopic (exact) mass is 270 g/mol. The van der Waals surface area contributed by atoms with Crippen molar-refractivity contribution < 1.29 is 18.3 Å². The number of hydrogen-bond acceptors (Lipinski definition) is 3. The summed E-state index contributed by atoms with van der Waals surface area (Å²) in [5.41, 5.74) is 0.602. The van der Waals surface area contributed by atoms with Gasteiger partial charge in [-0.25, -0.2) is 13.2 Å². The van der Waals surface area contributed by atoms with Gasteiger partial charge in [0.25, 0.3) is 0 Å². The van der Waals surface area contributed by atoms with Crippen LogP contribution in [0, 0.1) is 12.8 Å². The molecule has 1 N–H and O–H groups in total. The van der Waals surface area contributed by atoms with E-state index in [0.717, 1.165) is 6.42 Å². The van der Waals surface area contributed by atoms with E-state index in [1.807, 2.05) is 13.8 Å². The number of carbonyl (C=O) groups is 1. The van der Waals surface area contributed by atoms with E-state index in [1.165, 1.54) is 18.2 Å². The SMILES string of the molecule is CCC(C)CS(=O)(=O)c1ccc(C)c(C(=O)O)c1. The molecular weight excluding hydrogens is 252 g/mol. The number of aromatic carboxylic acids is 1. The minimum absolute atomic E-state index is 0.0419. The van der Waals surface area contributed by atoms with Gasteiger partial charge in [0.05, 0.1) is 16.2 Å². The van der Waals surface area contributed by atoms with Crippen LogP contribution >= 0.6 is 0 Å². The van der Waals surface area contributed by atoms with Crippen molar-refractivity contribution in [3.8, 4) is 0 Å². The van der Waals surface area contributed by atoms with E-state index >= 15 is 0 Å². The summed E-state index contributed by atoms with van der Waals surface area (Å²) in [7, 11) is -3.41. The number of aryl methyl sites for hydroxylation is 1. The van der Waals surface area contributed by atoms with Crippen LogP contribution in [0.15, 0.2) is 23.1 Å². The van der Waals surface area contributed by atoms with E-state index in [1.54, 1.807) is 6.92 Å². The lowest BCUT2D eigenvalue weighted by atomic mass is 10.1. The third-order valence-corrected chi connectivity index (χ3v) is 4.98. The second kappa shape index (κ2) is 5.52. The van der Waals surface area contributed by atoms with Crippen LogP contribution in [0.3, 0.4) is 0 Å². The molecule has 0 aromatic heterocycles. The first-order valence-electron chi connectivity index (χ1n) is 5.84. The smallest absolute Gasteiger partial charge is 0.335 e. The molecule has 0 aliphatic rings. The summed E-state index contributed by atoms with van der Waals surface area (Å²) >= 11 is 0. The fourth-order valence-electron chi connectivity index (χ4n) is 1.61. The molecular formula is C13H18O4S. The summed E-state index contributed by atoms with van der Waals surface area (Å²) in [4.78, 5) is 11.1. The van der Waals surface area contributed by atoms with Gasteiger partial charge >= 0.3 is 5.97 Å². The van der Waals surface area contributed by atoms with Gasteiger partial charge in [-0.1, -0.05) is 26.3 Å². The minimum atomic E-state index is -3.41. The van der Waals surface area contributed by atoms with E-state index < -0.39 is 15.8 Å². The van der Waals surface area contributed by atoms with Crippen molar-refractivity contribution >= 4 is 15.8 Å². The fraction of sp³-hybridized carbons (Fsp3) is 0.462. The van der Waals surface area contributed by atoms with Crippen LogP contribution in [0.25, 0.3) is 0 Å². The molecule has 0 saturated carbocycles. The highest BCUT2D eigenvalue weighted by atomic mass is 32.2. The van der Waals surface area contributed by atoms with Crippen molar-refractivity contribution in [3.05, 3.63) is 29.3 Å². The van der Waals surface area contributed by atoms with Gasteiger partial charge in [0.15, 0.2) is 9.84 Å². The molecule has 0 aliphatic heterocycles. The molecule has 18 heavy (non-hydrogen) atoms. The average Bonchev–Trinajstić information content (AvgIpc) is 2.28. The van der Waals surface area contributed by atoms with Crippen LogP contribution in [-0.2, 0) is 9.84 Å². The largest absolute Gasteiger partial charge is 0.478 e.